The summed E-state index contributed by atoms with van der Waals surface area (Å²) in [5, 5.41) is 3.00. The lowest BCUT2D eigenvalue weighted by Crippen LogP contribution is -2.38. The number of hydrogen-bond acceptors (Lipinski definition) is 6. The minimum atomic E-state index is -0.154. The van der Waals surface area contributed by atoms with Crippen LogP contribution in [0, 0.1) is 0 Å². The Morgan fingerprint density at radius 1 is 0.906 bits per heavy atom. The third kappa shape index (κ3) is 6.72. The van der Waals surface area contributed by atoms with E-state index in [9.17, 15) is 9.59 Å². The molecule has 0 saturated carbocycles. The van der Waals surface area contributed by atoms with Crippen LogP contribution < -0.4 is 19.5 Å². The number of amides is 1. The standard InChI is InChI=1S/C25H34N2O5/c1-6-27(7-2)21(18-9-8-10-20(15-18)30-3)17-26-25(29)14-12-22(28)19-11-13-23(31-4)24(16-19)32-5/h8-11,13,15-16,21H,6-7,12,14,17H2,1-5H3,(H,26,29). The van der Waals surface area contributed by atoms with E-state index in [1.807, 2.05) is 24.3 Å². The molecule has 0 radical (unpaired) electrons. The zero-order chi connectivity index (χ0) is 23.5. The molecule has 174 valence electrons. The fourth-order valence-corrected chi connectivity index (χ4v) is 3.65. The molecule has 0 heterocycles. The molecule has 2 aromatic rings. The fraction of sp³-hybridized carbons (Fsp3) is 0.440. The van der Waals surface area contributed by atoms with E-state index in [1.165, 1.54) is 7.11 Å². The number of benzene rings is 2. The normalized spacial score (nSPS) is 11.7. The summed E-state index contributed by atoms with van der Waals surface area (Å²) in [7, 11) is 4.71. The van der Waals surface area contributed by atoms with Crippen molar-refractivity contribution >= 4 is 11.7 Å². The largest absolute Gasteiger partial charge is 0.497 e. The summed E-state index contributed by atoms with van der Waals surface area (Å²) in [6.07, 6.45) is 0.243. The van der Waals surface area contributed by atoms with Crippen molar-refractivity contribution in [3.63, 3.8) is 0 Å². The van der Waals surface area contributed by atoms with Crippen molar-refractivity contribution in [2.75, 3.05) is 41.0 Å². The lowest BCUT2D eigenvalue weighted by Gasteiger charge is -2.30. The second-order valence-electron chi connectivity index (χ2n) is 7.31. The second kappa shape index (κ2) is 12.7. The zero-order valence-electron chi connectivity index (χ0n) is 19.6. The maximum absolute atomic E-state index is 12.5. The summed E-state index contributed by atoms with van der Waals surface area (Å²) in [5.41, 5.74) is 1.57. The second-order valence-corrected chi connectivity index (χ2v) is 7.31. The summed E-state index contributed by atoms with van der Waals surface area (Å²) < 4.78 is 15.8. The zero-order valence-corrected chi connectivity index (χ0v) is 19.6. The quantitative estimate of drug-likeness (QED) is 0.475. The first kappa shape index (κ1) is 25.2. The van der Waals surface area contributed by atoms with Gasteiger partial charge in [-0.2, -0.15) is 0 Å². The molecule has 0 saturated heterocycles. The molecule has 32 heavy (non-hydrogen) atoms. The van der Waals surface area contributed by atoms with Gasteiger partial charge in [-0.25, -0.2) is 0 Å². The lowest BCUT2D eigenvalue weighted by molar-refractivity contribution is -0.121. The molecular formula is C25H34N2O5. The van der Waals surface area contributed by atoms with Crippen LogP contribution >= 0.6 is 0 Å². The average Bonchev–Trinajstić information content (AvgIpc) is 2.84. The van der Waals surface area contributed by atoms with Gasteiger partial charge in [0.05, 0.1) is 27.4 Å². The first-order valence-electron chi connectivity index (χ1n) is 10.9. The highest BCUT2D eigenvalue weighted by molar-refractivity contribution is 5.98. The van der Waals surface area contributed by atoms with Crippen LogP contribution in [0.15, 0.2) is 42.5 Å². The maximum atomic E-state index is 12.5. The Labute approximate surface area is 190 Å². The number of hydrogen-bond donors (Lipinski definition) is 1. The summed E-state index contributed by atoms with van der Waals surface area (Å²) in [5.74, 6) is 1.56. The number of likely N-dealkylation sites (N-methyl/N-ethyl adjacent to an activating group) is 1. The van der Waals surface area contributed by atoms with Crippen LogP contribution in [-0.4, -0.2) is 57.6 Å². The van der Waals surface area contributed by atoms with Crippen molar-refractivity contribution < 1.29 is 23.8 Å². The highest BCUT2D eigenvalue weighted by Crippen LogP contribution is 2.28. The first-order valence-corrected chi connectivity index (χ1v) is 10.9. The fourth-order valence-electron chi connectivity index (χ4n) is 3.65. The molecule has 1 amide bonds. The Balaban J connectivity index is 1.98. The smallest absolute Gasteiger partial charge is 0.220 e. The van der Waals surface area contributed by atoms with Crippen molar-refractivity contribution in [3.05, 3.63) is 53.6 Å². The van der Waals surface area contributed by atoms with E-state index >= 15 is 0 Å². The van der Waals surface area contributed by atoms with Crippen LogP contribution in [0.3, 0.4) is 0 Å². The van der Waals surface area contributed by atoms with Gasteiger partial charge >= 0.3 is 0 Å². The number of nitrogens with zero attached hydrogens (tertiary/aromatic N) is 1. The minimum absolute atomic E-state index is 0.0191. The molecular weight excluding hydrogens is 408 g/mol. The SMILES string of the molecule is CCN(CC)C(CNC(=O)CCC(=O)c1ccc(OC)c(OC)c1)c1cccc(OC)c1. The summed E-state index contributed by atoms with van der Waals surface area (Å²) >= 11 is 0. The molecule has 2 aromatic carbocycles. The van der Waals surface area contributed by atoms with Gasteiger partial charge < -0.3 is 19.5 Å². The molecule has 1 N–H and O–H groups in total. The van der Waals surface area contributed by atoms with Gasteiger partial charge in [0.1, 0.15) is 5.75 Å². The molecule has 1 unspecified atom stereocenters. The number of nitrogens with one attached hydrogen (secondary N) is 1. The number of ketones is 1. The molecule has 1 atom stereocenters. The van der Waals surface area contributed by atoms with Crippen LogP contribution in [-0.2, 0) is 4.79 Å². The summed E-state index contributed by atoms with van der Waals surface area (Å²) in [6.45, 7) is 6.36. The van der Waals surface area contributed by atoms with Crippen molar-refractivity contribution in [1.29, 1.82) is 0 Å². The maximum Gasteiger partial charge on any atom is 0.220 e. The Morgan fingerprint density at radius 3 is 2.25 bits per heavy atom. The van der Waals surface area contributed by atoms with Crippen LogP contribution in [0.5, 0.6) is 17.2 Å². The van der Waals surface area contributed by atoms with E-state index < -0.39 is 0 Å². The molecule has 0 aliphatic rings. The van der Waals surface area contributed by atoms with E-state index in [1.54, 1.807) is 32.4 Å². The Bertz CT molecular complexity index is 896. The van der Waals surface area contributed by atoms with Gasteiger partial charge in [0.15, 0.2) is 17.3 Å². The van der Waals surface area contributed by atoms with Crippen molar-refractivity contribution in [2.45, 2.75) is 32.7 Å². The summed E-state index contributed by atoms with van der Waals surface area (Å²) in [6, 6.07) is 12.9. The topological polar surface area (TPSA) is 77.1 Å². The predicted octanol–water partition coefficient (Wildman–Crippen LogP) is 3.87. The Morgan fingerprint density at radius 2 is 1.62 bits per heavy atom. The molecule has 0 aliphatic carbocycles. The van der Waals surface area contributed by atoms with Gasteiger partial charge in [0.2, 0.25) is 5.91 Å². The van der Waals surface area contributed by atoms with Gasteiger partial charge in [0, 0.05) is 24.9 Å². The number of methoxy groups -OCH3 is 3. The number of carbonyl (C=O) groups is 2. The molecule has 0 aliphatic heterocycles. The van der Waals surface area contributed by atoms with Gasteiger partial charge in [-0.15, -0.1) is 0 Å². The number of Topliss-reactive ketones (excluding diaryl/α,β-unsaturated/α-hetero) is 1. The highest BCUT2D eigenvalue weighted by Gasteiger charge is 2.20. The minimum Gasteiger partial charge on any atom is -0.497 e. The Kier molecular flexibility index (Phi) is 10.0. The van der Waals surface area contributed by atoms with Crippen LogP contribution in [0.25, 0.3) is 0 Å². The van der Waals surface area contributed by atoms with E-state index in [2.05, 4.69) is 24.1 Å². The summed E-state index contributed by atoms with van der Waals surface area (Å²) in [4.78, 5) is 27.3. The highest BCUT2D eigenvalue weighted by atomic mass is 16.5. The Hall–Kier alpha value is -3.06. The van der Waals surface area contributed by atoms with E-state index in [-0.39, 0.29) is 30.6 Å². The molecule has 7 nitrogen and oxygen atoms in total. The predicted molar refractivity (Wildman–Crippen MR) is 125 cm³/mol. The van der Waals surface area contributed by atoms with Crippen molar-refractivity contribution in [2.24, 2.45) is 0 Å². The lowest BCUT2D eigenvalue weighted by atomic mass is 10.0. The van der Waals surface area contributed by atoms with E-state index in [4.69, 9.17) is 14.2 Å². The molecule has 7 heteroatoms. The molecule has 2 rings (SSSR count). The number of rotatable bonds is 13. The molecule has 0 fully saturated rings. The van der Waals surface area contributed by atoms with Crippen LogP contribution in [0.1, 0.15) is 48.7 Å². The number of ether oxygens (including phenoxy) is 3. The molecule has 0 aromatic heterocycles. The third-order valence-electron chi connectivity index (χ3n) is 5.51. The molecule has 0 bridgehead atoms. The van der Waals surface area contributed by atoms with Gasteiger partial charge in [-0.3, -0.25) is 14.5 Å². The van der Waals surface area contributed by atoms with Crippen LogP contribution in [0.4, 0.5) is 0 Å². The average molecular weight is 443 g/mol. The molecule has 0 spiro atoms. The van der Waals surface area contributed by atoms with Crippen LogP contribution in [0.2, 0.25) is 0 Å². The van der Waals surface area contributed by atoms with Crippen molar-refractivity contribution in [1.82, 2.24) is 10.2 Å². The van der Waals surface area contributed by atoms with Gasteiger partial charge in [-0.1, -0.05) is 26.0 Å². The first-order chi connectivity index (χ1) is 15.5. The van der Waals surface area contributed by atoms with E-state index in [0.717, 1.165) is 24.4 Å². The number of carbonyl (C=O) groups excluding carboxylic acids is 2. The third-order valence-corrected chi connectivity index (χ3v) is 5.51. The van der Waals surface area contributed by atoms with Crippen molar-refractivity contribution in [3.8, 4) is 17.2 Å². The van der Waals surface area contributed by atoms with E-state index in [0.29, 0.717) is 23.6 Å². The van der Waals surface area contributed by atoms with Gasteiger partial charge in [0.25, 0.3) is 0 Å². The van der Waals surface area contributed by atoms with Gasteiger partial charge in [-0.05, 0) is 49.0 Å². The monoisotopic (exact) mass is 442 g/mol.